The van der Waals surface area contributed by atoms with Gasteiger partial charge in [0.05, 0.1) is 0 Å². The van der Waals surface area contributed by atoms with Gasteiger partial charge in [-0.2, -0.15) is 0 Å². The second kappa shape index (κ2) is 4.67. The van der Waals surface area contributed by atoms with E-state index in [-0.39, 0.29) is 0 Å². The lowest BCUT2D eigenvalue weighted by atomic mass is 9.86. The highest BCUT2D eigenvalue weighted by molar-refractivity contribution is 5.13. The molecule has 0 saturated carbocycles. The number of nitrogens with zero attached hydrogens (tertiary/aromatic N) is 2. The summed E-state index contributed by atoms with van der Waals surface area (Å²) in [5, 5.41) is 7.53. The Kier molecular flexibility index (Phi) is 3.21. The van der Waals surface area contributed by atoms with Crippen molar-refractivity contribution in [2.24, 2.45) is 0 Å². The first-order valence-corrected chi connectivity index (χ1v) is 8.87. The highest BCUT2D eigenvalue weighted by Gasteiger charge is 2.53. The SMILES string of the molecule is CC(CC12CC(CN1)N(C(C)(C)C)C2)N1CC2CC(C1)N2. The summed E-state index contributed by atoms with van der Waals surface area (Å²) in [5.74, 6) is 0. The smallest absolute Gasteiger partial charge is 0.0339 e. The molecule has 0 amide bonds. The summed E-state index contributed by atoms with van der Waals surface area (Å²) >= 11 is 0. The molecule has 0 spiro atoms. The molecule has 2 N–H and O–H groups in total. The van der Waals surface area contributed by atoms with Crippen LogP contribution in [0.2, 0.25) is 0 Å². The number of rotatable bonds is 3. The van der Waals surface area contributed by atoms with E-state index in [2.05, 4.69) is 48.1 Å². The van der Waals surface area contributed by atoms with Crippen LogP contribution in [0.5, 0.6) is 0 Å². The monoisotopic (exact) mass is 292 g/mol. The Morgan fingerprint density at radius 3 is 2.48 bits per heavy atom. The van der Waals surface area contributed by atoms with Crippen LogP contribution >= 0.6 is 0 Å². The van der Waals surface area contributed by atoms with Gasteiger partial charge in [-0.15, -0.1) is 0 Å². The van der Waals surface area contributed by atoms with Crippen molar-refractivity contribution in [3.63, 3.8) is 0 Å². The second-order valence-corrected chi connectivity index (χ2v) is 9.12. The van der Waals surface area contributed by atoms with E-state index in [4.69, 9.17) is 0 Å². The van der Waals surface area contributed by atoms with Crippen molar-refractivity contribution < 1.29 is 0 Å². The van der Waals surface area contributed by atoms with Crippen LogP contribution in [-0.4, -0.2) is 71.2 Å². The van der Waals surface area contributed by atoms with Crippen molar-refractivity contribution in [3.8, 4) is 0 Å². The van der Waals surface area contributed by atoms with Crippen LogP contribution in [-0.2, 0) is 0 Å². The van der Waals surface area contributed by atoms with E-state index in [1.54, 1.807) is 0 Å². The van der Waals surface area contributed by atoms with Crippen LogP contribution < -0.4 is 10.6 Å². The first-order chi connectivity index (χ1) is 9.85. The zero-order valence-corrected chi connectivity index (χ0v) is 14.2. The number of nitrogens with one attached hydrogen (secondary N) is 2. The molecule has 0 aromatic rings. The van der Waals surface area contributed by atoms with E-state index in [0.717, 1.165) is 18.1 Å². The highest BCUT2D eigenvalue weighted by Crippen LogP contribution is 2.40. The minimum atomic E-state index is 0.314. The van der Waals surface area contributed by atoms with E-state index in [0.29, 0.717) is 17.1 Å². The maximum atomic E-state index is 3.88. The van der Waals surface area contributed by atoms with Gasteiger partial charge in [0.15, 0.2) is 0 Å². The number of piperidine rings is 1. The molecule has 5 rings (SSSR count). The predicted molar refractivity (Wildman–Crippen MR) is 86.6 cm³/mol. The molecule has 0 aliphatic carbocycles. The Balaban J connectivity index is 1.40. The molecule has 21 heavy (non-hydrogen) atoms. The van der Waals surface area contributed by atoms with E-state index in [1.807, 2.05) is 0 Å². The van der Waals surface area contributed by atoms with Gasteiger partial charge in [-0.3, -0.25) is 9.80 Å². The normalized spacial score (nSPS) is 44.9. The molecular formula is C17H32N4. The molecule has 120 valence electrons. The van der Waals surface area contributed by atoms with Gasteiger partial charge in [-0.25, -0.2) is 0 Å². The Hall–Kier alpha value is -0.160. The highest BCUT2D eigenvalue weighted by atomic mass is 15.3. The zero-order valence-electron chi connectivity index (χ0n) is 14.2. The molecule has 5 aliphatic heterocycles. The molecule has 5 heterocycles. The van der Waals surface area contributed by atoms with Crippen LogP contribution in [0.3, 0.4) is 0 Å². The van der Waals surface area contributed by atoms with Crippen molar-refractivity contribution >= 4 is 0 Å². The summed E-state index contributed by atoms with van der Waals surface area (Å²) in [6, 6.07) is 3.03. The van der Waals surface area contributed by atoms with Crippen LogP contribution in [0, 0.1) is 0 Å². The van der Waals surface area contributed by atoms with Gasteiger partial charge in [0.25, 0.3) is 0 Å². The molecule has 5 aliphatic rings. The topological polar surface area (TPSA) is 30.5 Å². The Morgan fingerprint density at radius 2 is 1.90 bits per heavy atom. The summed E-state index contributed by atoms with van der Waals surface area (Å²) in [6.45, 7) is 14.5. The average molecular weight is 292 g/mol. The molecular weight excluding hydrogens is 260 g/mol. The number of hydrogen-bond acceptors (Lipinski definition) is 4. The summed E-state index contributed by atoms with van der Waals surface area (Å²) in [5.41, 5.74) is 0.695. The summed E-state index contributed by atoms with van der Waals surface area (Å²) in [7, 11) is 0. The summed E-state index contributed by atoms with van der Waals surface area (Å²) in [6.07, 6.45) is 4.08. The predicted octanol–water partition coefficient (Wildman–Crippen LogP) is 1.03. The molecule has 0 aromatic heterocycles. The van der Waals surface area contributed by atoms with E-state index < -0.39 is 0 Å². The van der Waals surface area contributed by atoms with Gasteiger partial charge in [-0.1, -0.05) is 0 Å². The van der Waals surface area contributed by atoms with Gasteiger partial charge in [0.2, 0.25) is 0 Å². The van der Waals surface area contributed by atoms with Crippen molar-refractivity contribution in [3.05, 3.63) is 0 Å². The molecule has 5 saturated heterocycles. The zero-order chi connectivity index (χ0) is 14.8. The lowest BCUT2D eigenvalue weighted by molar-refractivity contribution is 0.0333. The molecule has 5 fully saturated rings. The van der Waals surface area contributed by atoms with Crippen molar-refractivity contribution in [2.45, 2.75) is 82.2 Å². The lowest BCUT2D eigenvalue weighted by Gasteiger charge is -2.51. The van der Waals surface area contributed by atoms with Gasteiger partial charge < -0.3 is 10.6 Å². The number of likely N-dealkylation sites (tertiary alicyclic amines) is 1. The van der Waals surface area contributed by atoms with Gasteiger partial charge in [0.1, 0.15) is 0 Å². The maximum absolute atomic E-state index is 3.88. The minimum absolute atomic E-state index is 0.314. The number of fused-ring (bicyclic) bond motifs is 4. The average Bonchev–Trinajstić information content (AvgIpc) is 2.95. The van der Waals surface area contributed by atoms with Crippen LogP contribution in [0.15, 0.2) is 0 Å². The lowest BCUT2D eigenvalue weighted by Crippen LogP contribution is -2.68. The fourth-order valence-electron chi connectivity index (χ4n) is 5.33. The first kappa shape index (κ1) is 14.4. The maximum Gasteiger partial charge on any atom is 0.0339 e. The van der Waals surface area contributed by atoms with Crippen molar-refractivity contribution in [1.82, 2.24) is 20.4 Å². The first-order valence-electron chi connectivity index (χ1n) is 8.87. The molecule has 4 heteroatoms. The van der Waals surface area contributed by atoms with E-state index in [9.17, 15) is 0 Å². The second-order valence-electron chi connectivity index (χ2n) is 9.12. The van der Waals surface area contributed by atoms with Crippen molar-refractivity contribution in [2.75, 3.05) is 26.2 Å². The Morgan fingerprint density at radius 1 is 1.24 bits per heavy atom. The summed E-state index contributed by atoms with van der Waals surface area (Å²) < 4.78 is 0. The Bertz CT molecular complexity index is 402. The van der Waals surface area contributed by atoms with Crippen molar-refractivity contribution in [1.29, 1.82) is 0 Å². The number of hydrogen-bond donors (Lipinski definition) is 2. The summed E-state index contributed by atoms with van der Waals surface area (Å²) in [4.78, 5) is 5.48. The molecule has 4 nitrogen and oxygen atoms in total. The van der Waals surface area contributed by atoms with Crippen LogP contribution in [0.1, 0.15) is 47.0 Å². The molecule has 0 radical (unpaired) electrons. The fraction of sp³-hybridized carbons (Fsp3) is 1.00. The third-order valence-electron chi connectivity index (χ3n) is 6.37. The minimum Gasteiger partial charge on any atom is -0.309 e. The molecule has 5 atom stereocenters. The molecule has 0 aromatic carbocycles. The largest absolute Gasteiger partial charge is 0.309 e. The van der Waals surface area contributed by atoms with E-state index >= 15 is 0 Å². The third kappa shape index (κ3) is 2.44. The van der Waals surface area contributed by atoms with E-state index in [1.165, 1.54) is 45.4 Å². The standard InChI is InChI=1S/C17H32N4/c1-12(20-9-13-5-14(10-20)19-13)6-17-7-15(8-18-17)21(11-17)16(2,3)4/h12-15,18-19H,5-11H2,1-4H3. The van der Waals surface area contributed by atoms with Gasteiger partial charge in [0, 0.05) is 61.4 Å². The molecule has 5 unspecified atom stereocenters. The van der Waals surface area contributed by atoms with Gasteiger partial charge >= 0.3 is 0 Å². The van der Waals surface area contributed by atoms with Crippen LogP contribution in [0.25, 0.3) is 0 Å². The quantitative estimate of drug-likeness (QED) is 0.813. The molecule has 4 bridgehead atoms. The fourth-order valence-corrected chi connectivity index (χ4v) is 5.33. The number of piperazine rings is 2. The Labute approximate surface area is 129 Å². The third-order valence-corrected chi connectivity index (χ3v) is 6.37. The van der Waals surface area contributed by atoms with Crippen LogP contribution in [0.4, 0.5) is 0 Å². The van der Waals surface area contributed by atoms with Gasteiger partial charge in [-0.05, 0) is 47.0 Å².